The van der Waals surface area contributed by atoms with Crippen molar-refractivity contribution in [2.24, 2.45) is 0 Å². The first-order valence-corrected chi connectivity index (χ1v) is 6.24. The number of nitrogens with zero attached hydrogens (tertiary/aromatic N) is 1. The monoisotopic (exact) mass is 239 g/mol. The molecule has 15 heavy (non-hydrogen) atoms. The van der Waals surface area contributed by atoms with Crippen LogP contribution in [-0.2, 0) is 25.1 Å². The van der Waals surface area contributed by atoms with Crippen LogP contribution in [0.25, 0.3) is 0 Å². The highest BCUT2D eigenvalue weighted by molar-refractivity contribution is 7.83. The minimum atomic E-state index is -0.611. The molecule has 0 heterocycles. The largest absolute Gasteiger partial charge is 0.466 e. The number of carbonyl (C=O) groups is 2. The molecule has 0 fully saturated rings. The van der Waals surface area contributed by atoms with E-state index in [4.69, 9.17) is 0 Å². The van der Waals surface area contributed by atoms with Crippen molar-refractivity contribution in [1.82, 2.24) is 4.90 Å². The normalized spacial score (nSPS) is 7.67. The molecule has 92 valence electrons. The molecular weight excluding hydrogens is 218 g/mol. The lowest BCUT2D eigenvalue weighted by Crippen LogP contribution is -2.06. The maximum atomic E-state index is 9.82. The van der Waals surface area contributed by atoms with Crippen LogP contribution in [-0.4, -0.2) is 54.7 Å². The molecule has 0 rings (SSSR count). The second-order valence-electron chi connectivity index (χ2n) is 2.74. The van der Waals surface area contributed by atoms with Crippen molar-refractivity contribution in [3.63, 3.8) is 0 Å². The number of rotatable bonds is 2. The molecule has 0 aliphatic carbocycles. The summed E-state index contributed by atoms with van der Waals surface area (Å²) in [6.07, 6.45) is 4.03. The molecule has 0 saturated heterocycles. The Morgan fingerprint density at radius 1 is 1.40 bits per heavy atom. The predicted octanol–water partition coefficient (Wildman–Crippen LogP) is 0.269. The van der Waals surface area contributed by atoms with Crippen LogP contribution in [0, 0.1) is 0 Å². The molecule has 0 unspecified atom stereocenters. The van der Waals surface area contributed by atoms with Gasteiger partial charge in [0.25, 0.3) is 0 Å². The Hall–Kier alpha value is -0.910. The third kappa shape index (κ3) is 96.2. The zero-order valence-electron chi connectivity index (χ0n) is 10.3. The van der Waals surface area contributed by atoms with E-state index in [9.17, 15) is 13.8 Å². The summed E-state index contributed by atoms with van der Waals surface area (Å²) in [4.78, 5) is 20.7. The fourth-order valence-electron chi connectivity index (χ4n) is 0.203. The summed E-state index contributed by atoms with van der Waals surface area (Å²) in [5, 5.41) is 0. The highest BCUT2D eigenvalue weighted by atomic mass is 32.2. The van der Waals surface area contributed by atoms with E-state index in [-0.39, 0.29) is 5.97 Å². The summed E-state index contributed by atoms with van der Waals surface area (Å²) in [7, 11) is 2.76. The third-order valence-electron chi connectivity index (χ3n) is 0.558. The van der Waals surface area contributed by atoms with Crippen molar-refractivity contribution in [3.05, 3.63) is 0 Å². The summed E-state index contributed by atoms with van der Waals surface area (Å²) in [5.41, 5.74) is 0. The molecule has 6 heteroatoms. The SMILES string of the molecule is CCOC(C)=O.CN(C)C=O.CS(C)=O. The average molecular weight is 239 g/mol. The van der Waals surface area contributed by atoms with E-state index in [1.807, 2.05) is 0 Å². The second kappa shape index (κ2) is 15.6. The van der Waals surface area contributed by atoms with E-state index in [2.05, 4.69) is 4.74 Å². The Morgan fingerprint density at radius 3 is 1.67 bits per heavy atom. The Balaban J connectivity index is -0.000000147. The van der Waals surface area contributed by atoms with Crippen LogP contribution in [0.1, 0.15) is 13.8 Å². The maximum absolute atomic E-state index is 9.82. The Labute approximate surface area is 94.2 Å². The number of esters is 1. The molecule has 0 atom stereocenters. The van der Waals surface area contributed by atoms with E-state index in [1.165, 1.54) is 11.8 Å². The van der Waals surface area contributed by atoms with Crippen LogP contribution >= 0.6 is 0 Å². The van der Waals surface area contributed by atoms with E-state index in [0.717, 1.165) is 6.41 Å². The standard InChI is InChI=1S/C4H8O2.C3H7NO.C2H6OS/c1-3-6-4(2)5;1-4(2)3-5;1-4(2)3/h3H2,1-2H3;3H,1-2H3;1-2H3. The smallest absolute Gasteiger partial charge is 0.302 e. The Kier molecular flexibility index (Phi) is 20.4. The molecule has 0 saturated carbocycles. The van der Waals surface area contributed by atoms with Gasteiger partial charge in [0.2, 0.25) is 6.41 Å². The molecule has 5 nitrogen and oxygen atoms in total. The molecule has 0 aliphatic rings. The highest BCUT2D eigenvalue weighted by Crippen LogP contribution is 1.69. The fourth-order valence-corrected chi connectivity index (χ4v) is 0.203. The molecule has 0 aromatic carbocycles. The summed E-state index contributed by atoms with van der Waals surface area (Å²) >= 11 is 0. The van der Waals surface area contributed by atoms with Gasteiger partial charge in [-0.2, -0.15) is 0 Å². The van der Waals surface area contributed by atoms with Crippen LogP contribution in [0.2, 0.25) is 0 Å². The molecule has 0 aromatic heterocycles. The molecule has 0 spiro atoms. The molecule has 1 amide bonds. The number of hydrogen-bond donors (Lipinski definition) is 0. The van der Waals surface area contributed by atoms with Crippen LogP contribution in [0.5, 0.6) is 0 Å². The van der Waals surface area contributed by atoms with Crippen molar-refractivity contribution >= 4 is 23.2 Å². The topological polar surface area (TPSA) is 63.7 Å². The highest BCUT2D eigenvalue weighted by Gasteiger charge is 1.81. The maximum Gasteiger partial charge on any atom is 0.302 e. The first-order valence-electron chi connectivity index (χ1n) is 4.28. The van der Waals surface area contributed by atoms with Gasteiger partial charge >= 0.3 is 5.97 Å². The van der Waals surface area contributed by atoms with Gasteiger partial charge in [-0.1, -0.05) is 0 Å². The number of hydrogen-bond acceptors (Lipinski definition) is 4. The number of ether oxygens (including phenoxy) is 1. The molecule has 0 N–H and O–H groups in total. The van der Waals surface area contributed by atoms with Crippen molar-refractivity contribution in [2.45, 2.75) is 13.8 Å². The second-order valence-corrected chi connectivity index (χ2v) is 4.22. The lowest BCUT2D eigenvalue weighted by Gasteiger charge is -1.93. The first-order chi connectivity index (χ1) is 6.77. The van der Waals surface area contributed by atoms with E-state index in [1.54, 1.807) is 33.5 Å². The molecule has 0 aliphatic heterocycles. The van der Waals surface area contributed by atoms with Crippen LogP contribution in [0.4, 0.5) is 0 Å². The van der Waals surface area contributed by atoms with Gasteiger partial charge in [-0.3, -0.25) is 13.8 Å². The van der Waals surface area contributed by atoms with Gasteiger partial charge in [-0.05, 0) is 6.92 Å². The van der Waals surface area contributed by atoms with Crippen LogP contribution < -0.4 is 0 Å². The van der Waals surface area contributed by atoms with Crippen molar-refractivity contribution in [1.29, 1.82) is 0 Å². The number of amides is 1. The van der Waals surface area contributed by atoms with Crippen LogP contribution in [0.3, 0.4) is 0 Å². The minimum absolute atomic E-state index is 0.211. The van der Waals surface area contributed by atoms with Gasteiger partial charge in [0.1, 0.15) is 0 Å². The van der Waals surface area contributed by atoms with Gasteiger partial charge in [-0.15, -0.1) is 0 Å². The molecule has 0 aromatic rings. The van der Waals surface area contributed by atoms with E-state index in [0.29, 0.717) is 6.61 Å². The molecule has 0 radical (unpaired) electrons. The summed E-state index contributed by atoms with van der Waals surface area (Å²) in [5.74, 6) is -0.211. The predicted molar refractivity (Wildman–Crippen MR) is 62.0 cm³/mol. The lowest BCUT2D eigenvalue weighted by atomic mass is 10.8. The van der Waals surface area contributed by atoms with Crippen molar-refractivity contribution < 1.29 is 18.5 Å². The Bertz CT molecular complexity index is 179. The minimum Gasteiger partial charge on any atom is -0.466 e. The van der Waals surface area contributed by atoms with Gasteiger partial charge in [0.05, 0.1) is 6.61 Å². The van der Waals surface area contributed by atoms with Crippen LogP contribution in [0.15, 0.2) is 0 Å². The number of carbonyl (C=O) groups excluding carboxylic acids is 2. The van der Waals surface area contributed by atoms with Gasteiger partial charge in [0, 0.05) is 44.3 Å². The first kappa shape index (κ1) is 19.6. The van der Waals surface area contributed by atoms with Crippen molar-refractivity contribution in [3.8, 4) is 0 Å². The third-order valence-corrected chi connectivity index (χ3v) is 0.558. The summed E-state index contributed by atoms with van der Waals surface area (Å²) < 4.78 is 14.0. The fraction of sp³-hybridized carbons (Fsp3) is 0.778. The lowest BCUT2D eigenvalue weighted by molar-refractivity contribution is -0.140. The van der Waals surface area contributed by atoms with Gasteiger partial charge in [-0.25, -0.2) is 0 Å². The van der Waals surface area contributed by atoms with Gasteiger partial charge < -0.3 is 9.64 Å². The zero-order chi connectivity index (χ0) is 12.9. The molecule has 0 bridgehead atoms. The quantitative estimate of drug-likeness (QED) is 0.512. The summed E-state index contributed by atoms with van der Waals surface area (Å²) in [6, 6.07) is 0. The van der Waals surface area contributed by atoms with Crippen molar-refractivity contribution in [2.75, 3.05) is 33.2 Å². The Morgan fingerprint density at radius 2 is 1.67 bits per heavy atom. The molecular formula is C9H21NO4S. The zero-order valence-corrected chi connectivity index (χ0v) is 11.1. The average Bonchev–Trinajstić information content (AvgIpc) is 2.03. The van der Waals surface area contributed by atoms with E-state index < -0.39 is 10.8 Å². The van der Waals surface area contributed by atoms with Gasteiger partial charge in [0.15, 0.2) is 0 Å². The van der Waals surface area contributed by atoms with E-state index >= 15 is 0 Å². The summed E-state index contributed by atoms with van der Waals surface area (Å²) in [6.45, 7) is 3.65.